The summed E-state index contributed by atoms with van der Waals surface area (Å²) in [4.78, 5) is 11.7. The molecule has 104 valence electrons. The number of phenols is 1. The number of amides is 1. The van der Waals surface area contributed by atoms with E-state index >= 15 is 0 Å². The van der Waals surface area contributed by atoms with E-state index in [-0.39, 0.29) is 36.2 Å². The van der Waals surface area contributed by atoms with Gasteiger partial charge in [0.2, 0.25) is 0 Å². The van der Waals surface area contributed by atoms with Gasteiger partial charge in [-0.05, 0) is 36.4 Å². The molecule has 0 fully saturated rings. The summed E-state index contributed by atoms with van der Waals surface area (Å²) in [7, 11) is 0. The maximum Gasteiger partial charge on any atom is 0.255 e. The lowest BCUT2D eigenvalue weighted by Crippen LogP contribution is -2.28. The number of carbonyl (C=O) groups excluding carboxylic acids is 1. The van der Waals surface area contributed by atoms with Crippen LogP contribution in [0.4, 0.5) is 4.39 Å². The van der Waals surface area contributed by atoms with E-state index < -0.39 is 0 Å². The van der Waals surface area contributed by atoms with Crippen molar-refractivity contribution in [1.82, 2.24) is 5.32 Å². The average Bonchev–Trinajstić information content (AvgIpc) is 2.46. The third kappa shape index (κ3) is 3.71. The van der Waals surface area contributed by atoms with Crippen LogP contribution in [0.15, 0.2) is 48.5 Å². The highest BCUT2D eigenvalue weighted by Gasteiger charge is 2.08. The number of phenolic OH excluding ortho intramolecular Hbond substituents is 1. The molecule has 0 heterocycles. The van der Waals surface area contributed by atoms with Crippen molar-refractivity contribution in [3.05, 3.63) is 59.9 Å². The molecule has 0 saturated carbocycles. The first-order chi connectivity index (χ1) is 9.66. The molecule has 0 unspecified atom stereocenters. The van der Waals surface area contributed by atoms with E-state index in [1.54, 1.807) is 12.1 Å². The molecule has 0 aliphatic heterocycles. The summed E-state index contributed by atoms with van der Waals surface area (Å²) in [5, 5.41) is 12.1. The molecule has 0 aliphatic carbocycles. The normalized spacial score (nSPS) is 10.1. The molecular formula is C15H14FNO3. The molecule has 4 nitrogen and oxygen atoms in total. The molecule has 0 aromatic heterocycles. The van der Waals surface area contributed by atoms with Crippen LogP contribution in [0.2, 0.25) is 0 Å². The number of hydrogen-bond acceptors (Lipinski definition) is 3. The zero-order valence-electron chi connectivity index (χ0n) is 10.7. The van der Waals surface area contributed by atoms with Gasteiger partial charge in [0, 0.05) is 0 Å². The zero-order valence-corrected chi connectivity index (χ0v) is 10.7. The highest BCUT2D eigenvalue weighted by atomic mass is 19.1. The molecule has 2 aromatic carbocycles. The second kappa shape index (κ2) is 6.56. The van der Waals surface area contributed by atoms with Gasteiger partial charge in [0.05, 0.1) is 12.1 Å². The van der Waals surface area contributed by atoms with Crippen LogP contribution in [0.1, 0.15) is 10.4 Å². The van der Waals surface area contributed by atoms with Gasteiger partial charge >= 0.3 is 0 Å². The number of benzene rings is 2. The number of para-hydroxylation sites is 1. The highest BCUT2D eigenvalue weighted by Crippen LogP contribution is 2.15. The summed E-state index contributed by atoms with van der Waals surface area (Å²) < 4.78 is 18.0. The maximum absolute atomic E-state index is 12.7. The number of nitrogens with one attached hydrogen (secondary N) is 1. The van der Waals surface area contributed by atoms with Crippen molar-refractivity contribution in [3.8, 4) is 11.5 Å². The predicted molar refractivity (Wildman–Crippen MR) is 72.3 cm³/mol. The quantitative estimate of drug-likeness (QED) is 0.823. The first kappa shape index (κ1) is 13.9. The van der Waals surface area contributed by atoms with E-state index in [1.165, 1.54) is 36.4 Å². The predicted octanol–water partition coefficient (Wildman–Crippen LogP) is 2.34. The summed E-state index contributed by atoms with van der Waals surface area (Å²) in [6, 6.07) is 11.9. The van der Waals surface area contributed by atoms with Crippen LogP contribution in [0.25, 0.3) is 0 Å². The van der Waals surface area contributed by atoms with Gasteiger partial charge in [0.15, 0.2) is 0 Å². The van der Waals surface area contributed by atoms with Crippen LogP contribution >= 0.6 is 0 Å². The Hall–Kier alpha value is -2.56. The van der Waals surface area contributed by atoms with E-state index in [4.69, 9.17) is 4.74 Å². The molecule has 2 aromatic rings. The van der Waals surface area contributed by atoms with Gasteiger partial charge in [-0.1, -0.05) is 12.1 Å². The molecule has 0 bridgehead atoms. The fraction of sp³-hybridized carbons (Fsp3) is 0.133. The molecule has 2 rings (SSSR count). The molecule has 5 heteroatoms. The van der Waals surface area contributed by atoms with Gasteiger partial charge in [-0.15, -0.1) is 0 Å². The van der Waals surface area contributed by atoms with Crippen LogP contribution in [0.5, 0.6) is 11.5 Å². The molecule has 0 aliphatic rings. The molecule has 1 amide bonds. The Morgan fingerprint density at radius 3 is 2.55 bits per heavy atom. The summed E-state index contributed by atoms with van der Waals surface area (Å²) in [6.07, 6.45) is 0. The molecule has 0 atom stereocenters. The van der Waals surface area contributed by atoms with Crippen molar-refractivity contribution >= 4 is 5.91 Å². The number of carbonyl (C=O) groups is 1. The third-order valence-electron chi connectivity index (χ3n) is 2.62. The van der Waals surface area contributed by atoms with Crippen molar-refractivity contribution in [1.29, 1.82) is 0 Å². The Bertz CT molecular complexity index is 584. The van der Waals surface area contributed by atoms with Crippen molar-refractivity contribution in [2.75, 3.05) is 13.2 Å². The largest absolute Gasteiger partial charge is 0.507 e. The molecule has 0 spiro atoms. The minimum absolute atomic E-state index is 0.0653. The van der Waals surface area contributed by atoms with E-state index in [0.29, 0.717) is 5.75 Å². The summed E-state index contributed by atoms with van der Waals surface area (Å²) in [6.45, 7) is 0.537. The highest BCUT2D eigenvalue weighted by molar-refractivity contribution is 5.96. The van der Waals surface area contributed by atoms with Gasteiger partial charge in [-0.3, -0.25) is 4.79 Å². The van der Waals surface area contributed by atoms with Gasteiger partial charge in [-0.25, -0.2) is 4.39 Å². The molecule has 20 heavy (non-hydrogen) atoms. The Morgan fingerprint density at radius 1 is 1.15 bits per heavy atom. The lowest BCUT2D eigenvalue weighted by Gasteiger charge is -2.08. The standard InChI is InChI=1S/C15H14FNO3/c16-11-5-7-12(8-6-11)20-10-9-17-15(19)13-3-1-2-4-14(13)18/h1-8,18H,9-10H2,(H,17,19). The van der Waals surface area contributed by atoms with E-state index in [2.05, 4.69) is 5.32 Å². The van der Waals surface area contributed by atoms with Gasteiger partial charge < -0.3 is 15.2 Å². The van der Waals surface area contributed by atoms with Crippen molar-refractivity contribution in [2.24, 2.45) is 0 Å². The van der Waals surface area contributed by atoms with Crippen LogP contribution in [-0.4, -0.2) is 24.2 Å². The van der Waals surface area contributed by atoms with Crippen molar-refractivity contribution in [3.63, 3.8) is 0 Å². The minimum atomic E-state index is -0.370. The number of ether oxygens (including phenoxy) is 1. The first-order valence-electron chi connectivity index (χ1n) is 6.11. The fourth-order valence-corrected chi connectivity index (χ4v) is 1.63. The second-order valence-electron chi connectivity index (χ2n) is 4.08. The SMILES string of the molecule is O=C(NCCOc1ccc(F)cc1)c1ccccc1O. The minimum Gasteiger partial charge on any atom is -0.507 e. The van der Waals surface area contributed by atoms with Crippen LogP contribution in [0.3, 0.4) is 0 Å². The number of halogens is 1. The Kier molecular flexibility index (Phi) is 4.55. The average molecular weight is 275 g/mol. The number of aromatic hydroxyl groups is 1. The monoisotopic (exact) mass is 275 g/mol. The number of rotatable bonds is 5. The smallest absolute Gasteiger partial charge is 0.255 e. The Labute approximate surface area is 115 Å². The molecule has 2 N–H and O–H groups in total. The van der Waals surface area contributed by atoms with Gasteiger partial charge in [0.25, 0.3) is 5.91 Å². The topological polar surface area (TPSA) is 58.6 Å². The molecular weight excluding hydrogens is 261 g/mol. The Balaban J connectivity index is 1.77. The third-order valence-corrected chi connectivity index (χ3v) is 2.62. The zero-order chi connectivity index (χ0) is 14.4. The van der Waals surface area contributed by atoms with Gasteiger partial charge in [-0.2, -0.15) is 0 Å². The Morgan fingerprint density at radius 2 is 1.85 bits per heavy atom. The van der Waals surface area contributed by atoms with Crippen molar-refractivity contribution < 1.29 is 19.0 Å². The van der Waals surface area contributed by atoms with E-state index in [9.17, 15) is 14.3 Å². The summed E-state index contributed by atoms with van der Waals surface area (Å²) in [5.74, 6) is -0.233. The van der Waals surface area contributed by atoms with E-state index in [1.807, 2.05) is 0 Å². The van der Waals surface area contributed by atoms with Gasteiger partial charge in [0.1, 0.15) is 23.9 Å². The lowest BCUT2D eigenvalue weighted by atomic mass is 10.2. The second-order valence-corrected chi connectivity index (χ2v) is 4.08. The first-order valence-corrected chi connectivity index (χ1v) is 6.11. The lowest BCUT2D eigenvalue weighted by molar-refractivity contribution is 0.0944. The summed E-state index contributed by atoms with van der Waals surface area (Å²) in [5.41, 5.74) is 0.217. The summed E-state index contributed by atoms with van der Waals surface area (Å²) >= 11 is 0. The fourth-order valence-electron chi connectivity index (χ4n) is 1.63. The number of hydrogen-bond donors (Lipinski definition) is 2. The van der Waals surface area contributed by atoms with Crippen molar-refractivity contribution in [2.45, 2.75) is 0 Å². The van der Waals surface area contributed by atoms with Crippen LogP contribution in [-0.2, 0) is 0 Å². The van der Waals surface area contributed by atoms with E-state index in [0.717, 1.165) is 0 Å². The maximum atomic E-state index is 12.7. The van der Waals surface area contributed by atoms with Crippen LogP contribution < -0.4 is 10.1 Å². The van der Waals surface area contributed by atoms with Crippen LogP contribution in [0, 0.1) is 5.82 Å². The molecule has 0 saturated heterocycles. The molecule has 0 radical (unpaired) electrons.